The Bertz CT molecular complexity index is 566. The molecule has 100 valence electrons. The van der Waals surface area contributed by atoms with Crippen molar-refractivity contribution in [3.8, 4) is 11.4 Å². The summed E-state index contributed by atoms with van der Waals surface area (Å²) in [5, 5.41) is 12.1. The first-order chi connectivity index (χ1) is 9.15. The second-order valence-electron chi connectivity index (χ2n) is 5.27. The Labute approximate surface area is 111 Å². The minimum atomic E-state index is 0.307. The number of benzene rings is 1. The van der Waals surface area contributed by atoms with Gasteiger partial charge in [-0.05, 0) is 54.3 Å². The third kappa shape index (κ3) is 2.14. The van der Waals surface area contributed by atoms with Crippen molar-refractivity contribution in [1.82, 2.24) is 20.2 Å². The number of tetrazole rings is 1. The minimum absolute atomic E-state index is 0.307. The maximum absolute atomic E-state index is 5.83. The molecule has 1 fully saturated rings. The molecule has 1 heterocycles. The van der Waals surface area contributed by atoms with E-state index in [4.69, 9.17) is 11.5 Å². The van der Waals surface area contributed by atoms with Gasteiger partial charge < -0.3 is 11.5 Å². The van der Waals surface area contributed by atoms with Crippen LogP contribution < -0.4 is 11.5 Å². The molecule has 1 aromatic carbocycles. The highest BCUT2D eigenvalue weighted by molar-refractivity contribution is 5.67. The first-order valence-electron chi connectivity index (χ1n) is 6.59. The number of hydrogen-bond acceptors (Lipinski definition) is 5. The fourth-order valence-corrected chi connectivity index (χ4v) is 2.59. The molecule has 0 spiro atoms. The van der Waals surface area contributed by atoms with Crippen molar-refractivity contribution < 1.29 is 0 Å². The molecule has 1 saturated carbocycles. The molecule has 6 heteroatoms. The van der Waals surface area contributed by atoms with Crippen LogP contribution in [0.15, 0.2) is 18.2 Å². The molecule has 1 aliphatic carbocycles. The molecule has 1 atom stereocenters. The monoisotopic (exact) mass is 258 g/mol. The summed E-state index contributed by atoms with van der Waals surface area (Å²) < 4.78 is 1.89. The average molecular weight is 258 g/mol. The van der Waals surface area contributed by atoms with Gasteiger partial charge in [0.1, 0.15) is 0 Å². The largest absolute Gasteiger partial charge is 0.399 e. The molecule has 0 bridgehead atoms. The van der Waals surface area contributed by atoms with Crippen LogP contribution in [0, 0.1) is 5.92 Å². The van der Waals surface area contributed by atoms with Crippen LogP contribution in [-0.2, 0) is 0 Å². The summed E-state index contributed by atoms with van der Waals surface area (Å²) in [5.74, 6) is 1.40. The Morgan fingerprint density at radius 3 is 2.47 bits per heavy atom. The zero-order valence-electron chi connectivity index (χ0n) is 11.0. The van der Waals surface area contributed by atoms with Crippen LogP contribution in [0.1, 0.15) is 32.2 Å². The lowest BCUT2D eigenvalue weighted by Crippen LogP contribution is -2.24. The fraction of sp³-hybridized carbons (Fsp3) is 0.462. The summed E-state index contributed by atoms with van der Waals surface area (Å²) in [6, 6.07) is 5.74. The van der Waals surface area contributed by atoms with Gasteiger partial charge in [0.2, 0.25) is 0 Å². The van der Waals surface area contributed by atoms with Gasteiger partial charge in [-0.2, -0.15) is 0 Å². The number of hydrogen-bond donors (Lipinski definition) is 2. The summed E-state index contributed by atoms with van der Waals surface area (Å²) in [4.78, 5) is 0. The maximum atomic E-state index is 5.83. The second-order valence-corrected chi connectivity index (χ2v) is 5.27. The Morgan fingerprint density at radius 2 is 1.89 bits per heavy atom. The number of nitrogen functional groups attached to an aromatic ring is 2. The van der Waals surface area contributed by atoms with Gasteiger partial charge in [-0.25, -0.2) is 4.68 Å². The van der Waals surface area contributed by atoms with Crippen molar-refractivity contribution >= 4 is 11.4 Å². The molecule has 3 rings (SSSR count). The predicted octanol–water partition coefficient (Wildman–Crippen LogP) is 1.87. The molecule has 0 aliphatic heterocycles. The Hall–Kier alpha value is -2.11. The van der Waals surface area contributed by atoms with Crippen LogP contribution in [0.5, 0.6) is 0 Å². The van der Waals surface area contributed by atoms with Gasteiger partial charge in [-0.15, -0.1) is 5.10 Å². The normalized spacial score (nSPS) is 17.1. The van der Waals surface area contributed by atoms with E-state index in [1.165, 1.54) is 19.3 Å². The topological polar surface area (TPSA) is 95.6 Å². The molecule has 4 N–H and O–H groups in total. The molecular weight excluding hydrogens is 240 g/mol. The molecule has 19 heavy (non-hydrogen) atoms. The number of rotatable bonds is 3. The Balaban J connectivity index is 1.98. The summed E-state index contributed by atoms with van der Waals surface area (Å²) in [5.41, 5.74) is 13.8. The predicted molar refractivity (Wildman–Crippen MR) is 74.1 cm³/mol. The minimum Gasteiger partial charge on any atom is -0.399 e. The van der Waals surface area contributed by atoms with Crippen LogP contribution in [0.4, 0.5) is 11.4 Å². The van der Waals surface area contributed by atoms with E-state index in [0.29, 0.717) is 23.3 Å². The Kier molecular flexibility index (Phi) is 2.85. The fourth-order valence-electron chi connectivity index (χ4n) is 2.59. The molecule has 0 radical (unpaired) electrons. The molecule has 2 aromatic rings. The van der Waals surface area contributed by atoms with E-state index in [0.717, 1.165) is 11.4 Å². The lowest BCUT2D eigenvalue weighted by atomic mass is 9.80. The molecule has 1 unspecified atom stereocenters. The third-order valence-corrected chi connectivity index (χ3v) is 3.95. The second kappa shape index (κ2) is 4.53. The van der Waals surface area contributed by atoms with Crippen LogP contribution in [-0.4, -0.2) is 20.2 Å². The van der Waals surface area contributed by atoms with Crippen molar-refractivity contribution in [2.75, 3.05) is 11.5 Å². The summed E-state index contributed by atoms with van der Waals surface area (Å²) in [7, 11) is 0. The highest BCUT2D eigenvalue weighted by Crippen LogP contribution is 2.37. The van der Waals surface area contributed by atoms with Gasteiger partial charge in [0.25, 0.3) is 0 Å². The van der Waals surface area contributed by atoms with E-state index >= 15 is 0 Å². The molecular formula is C13H18N6. The zero-order valence-corrected chi connectivity index (χ0v) is 11.0. The highest BCUT2D eigenvalue weighted by atomic mass is 15.5. The number of aromatic nitrogens is 4. The number of anilines is 2. The average Bonchev–Trinajstić information content (AvgIpc) is 2.73. The van der Waals surface area contributed by atoms with Gasteiger partial charge in [-0.3, -0.25) is 0 Å². The smallest absolute Gasteiger partial charge is 0.182 e. The maximum Gasteiger partial charge on any atom is 0.182 e. The van der Waals surface area contributed by atoms with Gasteiger partial charge in [0.05, 0.1) is 6.04 Å². The van der Waals surface area contributed by atoms with Gasteiger partial charge in [-0.1, -0.05) is 6.42 Å². The van der Waals surface area contributed by atoms with Crippen molar-refractivity contribution in [2.24, 2.45) is 5.92 Å². The van der Waals surface area contributed by atoms with E-state index in [9.17, 15) is 0 Å². The molecule has 1 aliphatic rings. The SMILES string of the molecule is CC(C1CCC1)n1nnnc1-c1cc(N)cc(N)c1. The Morgan fingerprint density at radius 1 is 1.21 bits per heavy atom. The first kappa shape index (κ1) is 12.0. The van der Waals surface area contributed by atoms with Crippen LogP contribution in [0.2, 0.25) is 0 Å². The lowest BCUT2D eigenvalue weighted by Gasteiger charge is -2.31. The van der Waals surface area contributed by atoms with Gasteiger partial charge in [0, 0.05) is 16.9 Å². The molecule has 0 saturated heterocycles. The van der Waals surface area contributed by atoms with E-state index in [-0.39, 0.29) is 0 Å². The molecule has 0 amide bonds. The first-order valence-corrected chi connectivity index (χ1v) is 6.59. The van der Waals surface area contributed by atoms with Crippen LogP contribution in [0.3, 0.4) is 0 Å². The van der Waals surface area contributed by atoms with Crippen molar-refractivity contribution in [1.29, 1.82) is 0 Å². The van der Waals surface area contributed by atoms with E-state index in [1.54, 1.807) is 6.07 Å². The van der Waals surface area contributed by atoms with Crippen LogP contribution >= 0.6 is 0 Å². The summed E-state index contributed by atoms with van der Waals surface area (Å²) >= 11 is 0. The van der Waals surface area contributed by atoms with Crippen LogP contribution in [0.25, 0.3) is 11.4 Å². The van der Waals surface area contributed by atoms with Crippen molar-refractivity contribution in [3.05, 3.63) is 18.2 Å². The quantitative estimate of drug-likeness (QED) is 0.819. The van der Waals surface area contributed by atoms with Crippen molar-refractivity contribution in [3.63, 3.8) is 0 Å². The van der Waals surface area contributed by atoms with E-state index < -0.39 is 0 Å². The van der Waals surface area contributed by atoms with E-state index in [1.807, 2.05) is 16.8 Å². The summed E-state index contributed by atoms with van der Waals surface area (Å²) in [6.07, 6.45) is 3.80. The van der Waals surface area contributed by atoms with Crippen molar-refractivity contribution in [2.45, 2.75) is 32.2 Å². The van der Waals surface area contributed by atoms with Gasteiger partial charge >= 0.3 is 0 Å². The summed E-state index contributed by atoms with van der Waals surface area (Å²) in [6.45, 7) is 2.17. The molecule has 1 aromatic heterocycles. The third-order valence-electron chi connectivity index (χ3n) is 3.95. The number of nitrogens with two attached hydrogens (primary N) is 2. The zero-order chi connectivity index (χ0) is 13.4. The number of nitrogens with zero attached hydrogens (tertiary/aromatic N) is 4. The molecule has 6 nitrogen and oxygen atoms in total. The lowest BCUT2D eigenvalue weighted by molar-refractivity contribution is 0.210. The standard InChI is InChI=1S/C13H18N6/c1-8(9-3-2-4-9)19-13(16-17-18-19)10-5-11(14)7-12(15)6-10/h5-9H,2-4,14-15H2,1H3. The van der Waals surface area contributed by atoms with Gasteiger partial charge in [0.15, 0.2) is 5.82 Å². The highest BCUT2D eigenvalue weighted by Gasteiger charge is 2.28. The van der Waals surface area contributed by atoms with E-state index in [2.05, 4.69) is 22.4 Å².